The maximum atomic E-state index is 14.1. The molecule has 46 heavy (non-hydrogen) atoms. The van der Waals surface area contributed by atoms with Crippen LogP contribution in [0.3, 0.4) is 0 Å². The first kappa shape index (κ1) is 29.5. The highest BCUT2D eigenvalue weighted by atomic mass is 19.4. The predicted octanol–water partition coefficient (Wildman–Crippen LogP) is 4.82. The van der Waals surface area contributed by atoms with Gasteiger partial charge in [0.15, 0.2) is 0 Å². The van der Waals surface area contributed by atoms with Gasteiger partial charge in [-0.1, -0.05) is 30.3 Å². The van der Waals surface area contributed by atoms with Crippen LogP contribution in [0.1, 0.15) is 23.4 Å². The van der Waals surface area contributed by atoms with Gasteiger partial charge in [0.25, 0.3) is 0 Å². The number of methoxy groups -OCH3 is 1. The normalized spacial score (nSPS) is 16.0. The molecule has 7 rings (SSSR count). The summed E-state index contributed by atoms with van der Waals surface area (Å²) in [5.41, 5.74) is 3.39. The molecule has 0 saturated carbocycles. The SMILES string of the molecule is COc1nc2ccccc2cc1-c1cnc(C2CN(Cc3ccn(C)n3)CCN2C(=O)Cn2c(C(F)(F)F)nc3ccccc32)[nH]1. The maximum absolute atomic E-state index is 14.1. The minimum absolute atomic E-state index is 0.174. The Bertz CT molecular complexity index is 2050. The van der Waals surface area contributed by atoms with Crippen molar-refractivity contribution in [2.24, 2.45) is 7.05 Å². The van der Waals surface area contributed by atoms with E-state index in [9.17, 15) is 18.0 Å². The van der Waals surface area contributed by atoms with Crippen LogP contribution in [0.15, 0.2) is 73.1 Å². The molecule has 1 N–H and O–H groups in total. The summed E-state index contributed by atoms with van der Waals surface area (Å²) < 4.78 is 50.4. The molecule has 1 amide bonds. The van der Waals surface area contributed by atoms with Gasteiger partial charge in [0, 0.05) is 44.8 Å². The first-order valence-electron chi connectivity index (χ1n) is 14.7. The van der Waals surface area contributed by atoms with Gasteiger partial charge in [-0.05, 0) is 30.3 Å². The summed E-state index contributed by atoms with van der Waals surface area (Å²) in [6.45, 7) is 1.19. The number of carbonyl (C=O) groups excluding carboxylic acids is 1. The smallest absolute Gasteiger partial charge is 0.449 e. The molecule has 0 aliphatic carbocycles. The maximum Gasteiger partial charge on any atom is 0.449 e. The second kappa shape index (κ2) is 11.6. The van der Waals surface area contributed by atoms with Crippen molar-refractivity contribution in [2.75, 3.05) is 26.7 Å². The average Bonchev–Trinajstić information content (AvgIpc) is 3.79. The quantitative estimate of drug-likeness (QED) is 0.270. The number of nitrogens with one attached hydrogen (secondary N) is 1. The zero-order chi connectivity index (χ0) is 32.0. The fourth-order valence-corrected chi connectivity index (χ4v) is 6.06. The summed E-state index contributed by atoms with van der Waals surface area (Å²) in [6, 6.07) is 17.3. The monoisotopic (exact) mass is 629 g/mol. The third-order valence-corrected chi connectivity index (χ3v) is 8.22. The van der Waals surface area contributed by atoms with E-state index in [2.05, 4.69) is 29.9 Å². The molecule has 0 radical (unpaired) electrons. The molecule has 1 fully saturated rings. The van der Waals surface area contributed by atoms with E-state index >= 15 is 0 Å². The number of alkyl halides is 3. The molecular weight excluding hydrogens is 599 g/mol. The van der Waals surface area contributed by atoms with Gasteiger partial charge in [0.2, 0.25) is 17.6 Å². The van der Waals surface area contributed by atoms with Crippen molar-refractivity contribution in [3.63, 3.8) is 0 Å². The fraction of sp³-hybridized carbons (Fsp3) is 0.281. The Kier molecular flexibility index (Phi) is 7.43. The highest BCUT2D eigenvalue weighted by Crippen LogP contribution is 2.34. The number of imidazole rings is 2. The lowest BCUT2D eigenvalue weighted by Gasteiger charge is -2.40. The largest absolute Gasteiger partial charge is 0.480 e. The molecule has 236 valence electrons. The van der Waals surface area contributed by atoms with Crippen molar-refractivity contribution < 1.29 is 22.7 Å². The molecule has 14 heteroatoms. The van der Waals surface area contributed by atoms with E-state index < -0.39 is 30.5 Å². The van der Waals surface area contributed by atoms with Gasteiger partial charge in [-0.3, -0.25) is 14.4 Å². The Morgan fingerprint density at radius 1 is 1.04 bits per heavy atom. The number of benzene rings is 2. The highest BCUT2D eigenvalue weighted by molar-refractivity contribution is 5.85. The van der Waals surface area contributed by atoms with Gasteiger partial charge in [-0.25, -0.2) is 15.0 Å². The van der Waals surface area contributed by atoms with Gasteiger partial charge >= 0.3 is 6.18 Å². The Morgan fingerprint density at radius 2 is 1.83 bits per heavy atom. The molecular formula is C32H30F3N9O2. The molecule has 4 aromatic heterocycles. The first-order valence-corrected chi connectivity index (χ1v) is 14.7. The number of hydrogen-bond donors (Lipinski definition) is 1. The Hall–Kier alpha value is -5.24. The Balaban J connectivity index is 1.23. The summed E-state index contributed by atoms with van der Waals surface area (Å²) >= 11 is 0. The number of H-pyrrole nitrogens is 1. The number of aryl methyl sites for hydroxylation is 1. The average molecular weight is 630 g/mol. The number of hydrogen-bond acceptors (Lipinski definition) is 7. The minimum atomic E-state index is -4.73. The third-order valence-electron chi connectivity index (χ3n) is 8.22. The number of fused-ring (bicyclic) bond motifs is 2. The number of para-hydroxylation sites is 3. The third kappa shape index (κ3) is 5.55. The number of amides is 1. The summed E-state index contributed by atoms with van der Waals surface area (Å²) in [4.78, 5) is 34.2. The van der Waals surface area contributed by atoms with E-state index in [-0.39, 0.29) is 17.6 Å². The molecule has 1 atom stereocenters. The summed E-state index contributed by atoms with van der Waals surface area (Å²) in [5, 5.41) is 5.40. The first-order chi connectivity index (χ1) is 22.2. The van der Waals surface area contributed by atoms with Crippen molar-refractivity contribution in [3.8, 4) is 17.1 Å². The highest BCUT2D eigenvalue weighted by Gasteiger charge is 2.40. The number of carbonyl (C=O) groups is 1. The number of pyridine rings is 1. The standard InChI is InChI=1S/C32H30F3N9O2/c1-41-12-11-21(40-41)17-42-13-14-43(28(45)19-44-26-10-6-5-9-24(26)39-31(44)32(33,34)35)27(18-42)29-36-16-25(37-29)22-15-20-7-3-4-8-23(20)38-30(22)46-2/h3-12,15-16,27H,13-14,17-19H2,1-2H3,(H,36,37). The van der Waals surface area contributed by atoms with Crippen molar-refractivity contribution in [1.82, 2.24) is 44.1 Å². The molecule has 11 nitrogen and oxygen atoms in total. The van der Waals surface area contributed by atoms with Crippen LogP contribution in [0, 0.1) is 0 Å². The van der Waals surface area contributed by atoms with E-state index in [1.54, 1.807) is 35.0 Å². The van der Waals surface area contributed by atoms with Gasteiger partial charge in [-0.15, -0.1) is 0 Å². The molecule has 1 saturated heterocycles. The Morgan fingerprint density at radius 3 is 2.59 bits per heavy atom. The number of aromatic amines is 1. The number of rotatable bonds is 7. The molecule has 2 aromatic carbocycles. The van der Waals surface area contributed by atoms with Gasteiger partial charge in [-0.2, -0.15) is 18.3 Å². The molecule has 5 heterocycles. The van der Waals surface area contributed by atoms with E-state index in [1.807, 2.05) is 49.6 Å². The number of piperazine rings is 1. The van der Waals surface area contributed by atoms with Gasteiger partial charge in [0.1, 0.15) is 18.4 Å². The number of ether oxygens (including phenoxy) is 1. The molecule has 0 bridgehead atoms. The molecule has 1 unspecified atom stereocenters. The van der Waals surface area contributed by atoms with Gasteiger partial charge < -0.3 is 19.2 Å². The van der Waals surface area contributed by atoms with Crippen LogP contribution >= 0.6 is 0 Å². The number of aromatic nitrogens is 7. The van der Waals surface area contributed by atoms with Crippen LogP contribution in [0.25, 0.3) is 33.2 Å². The van der Waals surface area contributed by atoms with Crippen molar-refractivity contribution in [1.29, 1.82) is 0 Å². The van der Waals surface area contributed by atoms with Crippen LogP contribution in [-0.4, -0.2) is 76.7 Å². The van der Waals surface area contributed by atoms with Crippen molar-refractivity contribution in [3.05, 3.63) is 90.4 Å². The van der Waals surface area contributed by atoms with E-state index in [1.165, 1.54) is 12.1 Å². The van der Waals surface area contributed by atoms with Crippen LogP contribution in [0.4, 0.5) is 13.2 Å². The molecule has 1 aliphatic heterocycles. The predicted molar refractivity (Wildman–Crippen MR) is 164 cm³/mol. The van der Waals surface area contributed by atoms with Crippen molar-refractivity contribution >= 4 is 27.8 Å². The molecule has 6 aromatic rings. The fourth-order valence-electron chi connectivity index (χ4n) is 6.06. The summed E-state index contributed by atoms with van der Waals surface area (Å²) in [6.07, 6.45) is -1.21. The van der Waals surface area contributed by atoms with Crippen molar-refractivity contribution in [2.45, 2.75) is 25.3 Å². The topological polar surface area (TPSA) is 110 Å². The summed E-state index contributed by atoms with van der Waals surface area (Å²) in [7, 11) is 3.39. The second-order valence-corrected chi connectivity index (χ2v) is 11.2. The van der Waals surface area contributed by atoms with Crippen LogP contribution in [-0.2, 0) is 31.1 Å². The molecule has 1 aliphatic rings. The van der Waals surface area contributed by atoms with Crippen LogP contribution in [0.2, 0.25) is 0 Å². The number of nitrogens with zero attached hydrogens (tertiary/aromatic N) is 8. The van der Waals surface area contributed by atoms with E-state index in [4.69, 9.17) is 4.74 Å². The molecule has 0 spiro atoms. The van der Waals surface area contributed by atoms with Gasteiger partial charge in [0.05, 0.1) is 46.8 Å². The zero-order valence-corrected chi connectivity index (χ0v) is 25.1. The minimum Gasteiger partial charge on any atom is -0.480 e. The number of halogens is 3. The lowest BCUT2D eigenvalue weighted by Crippen LogP contribution is -2.51. The second-order valence-electron chi connectivity index (χ2n) is 11.2. The van der Waals surface area contributed by atoms with Crippen LogP contribution < -0.4 is 4.74 Å². The van der Waals surface area contributed by atoms with E-state index in [0.29, 0.717) is 42.6 Å². The zero-order valence-electron chi connectivity index (χ0n) is 25.1. The Labute approximate surface area is 261 Å². The van der Waals surface area contributed by atoms with Crippen LogP contribution in [0.5, 0.6) is 5.88 Å². The summed E-state index contributed by atoms with van der Waals surface area (Å²) in [5.74, 6) is -0.674. The van der Waals surface area contributed by atoms with E-state index in [0.717, 1.165) is 21.2 Å². The lowest BCUT2D eigenvalue weighted by molar-refractivity contribution is -0.148. The lowest BCUT2D eigenvalue weighted by atomic mass is 10.1.